The molecule has 2 N–H and O–H groups in total. The minimum atomic E-state index is -0.146. The van der Waals surface area contributed by atoms with Gasteiger partial charge in [-0.3, -0.25) is 0 Å². The molecule has 2 heteroatoms. The molecule has 0 saturated carbocycles. The van der Waals surface area contributed by atoms with E-state index in [1.807, 2.05) is 0 Å². The van der Waals surface area contributed by atoms with Crippen molar-refractivity contribution < 1.29 is 10.2 Å². The third kappa shape index (κ3) is 4.84. The minimum absolute atomic E-state index is 0.0531. The average molecular weight is 126 g/mol. The fourth-order valence-electron chi connectivity index (χ4n) is 0.328. The normalized spacial score (nSPS) is 12.3. The zero-order chi connectivity index (χ0) is 7.11. The lowest BCUT2D eigenvalue weighted by molar-refractivity contribution is 0.332. The second kappa shape index (κ2) is 5.12. The van der Waals surface area contributed by atoms with Gasteiger partial charge in [-0.25, -0.2) is 0 Å². The molecule has 0 aliphatic carbocycles. The maximum absolute atomic E-state index is 8.75. The quantitative estimate of drug-likeness (QED) is 0.440. The molecule has 0 aromatic carbocycles. The van der Waals surface area contributed by atoms with Crippen LogP contribution in [0.3, 0.4) is 0 Å². The molecule has 0 rings (SSSR count). The number of rotatable bonds is 3. The molecular weight excluding hydrogens is 116 g/mol. The van der Waals surface area contributed by atoms with Crippen LogP contribution < -0.4 is 0 Å². The number of allylic oxidation sites excluding steroid dienone is 3. The highest BCUT2D eigenvalue weighted by atomic mass is 16.3. The van der Waals surface area contributed by atoms with E-state index in [2.05, 4.69) is 6.58 Å². The van der Waals surface area contributed by atoms with E-state index in [1.165, 1.54) is 12.2 Å². The van der Waals surface area contributed by atoms with Gasteiger partial charge in [-0.2, -0.15) is 0 Å². The highest BCUT2D eigenvalue weighted by Crippen LogP contribution is 1.88. The molecule has 0 aliphatic heterocycles. The fraction of sp³-hybridized carbons (Fsp3) is 0.143. The number of aliphatic hydroxyl groups excluding tert-OH is 2. The van der Waals surface area contributed by atoms with Gasteiger partial charge in [0.25, 0.3) is 0 Å². The van der Waals surface area contributed by atoms with Gasteiger partial charge >= 0.3 is 0 Å². The summed E-state index contributed by atoms with van der Waals surface area (Å²) in [4.78, 5) is 0. The van der Waals surface area contributed by atoms with Crippen molar-refractivity contribution in [2.24, 2.45) is 0 Å². The summed E-state index contributed by atoms with van der Waals surface area (Å²) in [6.45, 7) is 3.26. The van der Waals surface area contributed by atoms with E-state index in [9.17, 15) is 0 Å². The van der Waals surface area contributed by atoms with Crippen LogP contribution in [0.15, 0.2) is 36.6 Å². The molecule has 0 atom stereocenters. The van der Waals surface area contributed by atoms with Crippen LogP contribution in [0.4, 0.5) is 0 Å². The van der Waals surface area contributed by atoms with Crippen LogP contribution in [0.25, 0.3) is 0 Å². The maximum Gasteiger partial charge on any atom is 0.113 e. The van der Waals surface area contributed by atoms with Crippen LogP contribution in [0, 0.1) is 0 Å². The molecule has 2 nitrogen and oxygen atoms in total. The van der Waals surface area contributed by atoms with E-state index < -0.39 is 0 Å². The second-order valence-corrected chi connectivity index (χ2v) is 1.41. The zero-order valence-electron chi connectivity index (χ0n) is 5.12. The largest absolute Gasteiger partial charge is 0.508 e. The van der Waals surface area contributed by atoms with Crippen LogP contribution in [0.5, 0.6) is 0 Å². The summed E-state index contributed by atoms with van der Waals surface area (Å²) in [5, 5.41) is 17.0. The molecule has 0 heterocycles. The van der Waals surface area contributed by atoms with Crippen molar-refractivity contribution in [2.75, 3.05) is 6.61 Å². The number of aliphatic hydroxyl groups is 2. The lowest BCUT2D eigenvalue weighted by Gasteiger charge is -1.85. The summed E-state index contributed by atoms with van der Waals surface area (Å²) in [5.74, 6) is 0.0531. The van der Waals surface area contributed by atoms with Gasteiger partial charge in [0.05, 0.1) is 6.61 Å². The third-order valence-corrected chi connectivity index (χ3v) is 0.703. The molecule has 0 fully saturated rings. The summed E-state index contributed by atoms with van der Waals surface area (Å²) >= 11 is 0. The van der Waals surface area contributed by atoms with Gasteiger partial charge < -0.3 is 10.2 Å². The van der Waals surface area contributed by atoms with E-state index in [4.69, 9.17) is 10.2 Å². The lowest BCUT2D eigenvalue weighted by atomic mass is 10.4. The topological polar surface area (TPSA) is 40.5 Å². The fourth-order valence-corrected chi connectivity index (χ4v) is 0.328. The zero-order valence-corrected chi connectivity index (χ0v) is 5.12. The SMILES string of the molecule is C=CC=CC(O)=CCO. The van der Waals surface area contributed by atoms with E-state index >= 15 is 0 Å². The van der Waals surface area contributed by atoms with E-state index in [1.54, 1.807) is 12.2 Å². The highest BCUT2D eigenvalue weighted by Gasteiger charge is 1.78. The lowest BCUT2D eigenvalue weighted by Crippen LogP contribution is -1.77. The van der Waals surface area contributed by atoms with Crippen LogP contribution in [-0.2, 0) is 0 Å². The van der Waals surface area contributed by atoms with Gasteiger partial charge in [0.15, 0.2) is 0 Å². The molecule has 0 aromatic rings. The van der Waals surface area contributed by atoms with Crippen molar-refractivity contribution >= 4 is 0 Å². The van der Waals surface area contributed by atoms with Gasteiger partial charge in [-0.05, 0) is 12.2 Å². The van der Waals surface area contributed by atoms with Crippen LogP contribution in [-0.4, -0.2) is 16.8 Å². The highest BCUT2D eigenvalue weighted by molar-refractivity contribution is 5.14. The third-order valence-electron chi connectivity index (χ3n) is 0.703. The molecule has 0 spiro atoms. The Kier molecular flexibility index (Phi) is 4.54. The van der Waals surface area contributed by atoms with Crippen molar-refractivity contribution in [3.05, 3.63) is 36.6 Å². The van der Waals surface area contributed by atoms with Crippen LogP contribution in [0.1, 0.15) is 0 Å². The molecule has 0 saturated heterocycles. The first-order chi connectivity index (χ1) is 4.31. The molecule has 0 bridgehead atoms. The molecule has 9 heavy (non-hydrogen) atoms. The Labute approximate surface area is 54.4 Å². The summed E-state index contributed by atoms with van der Waals surface area (Å²) in [7, 11) is 0. The molecular formula is C7H10O2. The van der Waals surface area contributed by atoms with Gasteiger partial charge in [0.1, 0.15) is 5.76 Å². The van der Waals surface area contributed by atoms with E-state index in [-0.39, 0.29) is 12.4 Å². The smallest absolute Gasteiger partial charge is 0.113 e. The first-order valence-electron chi connectivity index (χ1n) is 2.60. The Hall–Kier alpha value is -1.02. The Morgan fingerprint density at radius 1 is 1.56 bits per heavy atom. The predicted molar refractivity (Wildman–Crippen MR) is 37.1 cm³/mol. The monoisotopic (exact) mass is 126 g/mol. The number of hydrogen-bond acceptors (Lipinski definition) is 2. The first-order valence-corrected chi connectivity index (χ1v) is 2.60. The number of hydrogen-bond donors (Lipinski definition) is 2. The van der Waals surface area contributed by atoms with E-state index in [0.717, 1.165) is 0 Å². The van der Waals surface area contributed by atoms with E-state index in [0.29, 0.717) is 0 Å². The summed E-state index contributed by atoms with van der Waals surface area (Å²) in [6, 6.07) is 0. The molecule has 50 valence electrons. The Balaban J connectivity index is 3.74. The van der Waals surface area contributed by atoms with Crippen LogP contribution >= 0.6 is 0 Å². The Morgan fingerprint density at radius 3 is 2.67 bits per heavy atom. The average Bonchev–Trinajstić information content (AvgIpc) is 1.85. The first kappa shape index (κ1) is 7.98. The molecule has 0 aromatic heterocycles. The summed E-state index contributed by atoms with van der Waals surface area (Å²) < 4.78 is 0. The summed E-state index contributed by atoms with van der Waals surface area (Å²) in [5.41, 5.74) is 0. The second-order valence-electron chi connectivity index (χ2n) is 1.41. The van der Waals surface area contributed by atoms with Gasteiger partial charge in [-0.1, -0.05) is 18.7 Å². The van der Waals surface area contributed by atoms with Gasteiger partial charge in [0, 0.05) is 0 Å². The van der Waals surface area contributed by atoms with Crippen LogP contribution in [0.2, 0.25) is 0 Å². The van der Waals surface area contributed by atoms with Crippen molar-refractivity contribution in [1.29, 1.82) is 0 Å². The molecule has 0 aliphatic rings. The van der Waals surface area contributed by atoms with Crippen molar-refractivity contribution in [3.8, 4) is 0 Å². The molecule has 0 amide bonds. The Morgan fingerprint density at radius 2 is 2.22 bits per heavy atom. The maximum atomic E-state index is 8.75. The molecule has 0 unspecified atom stereocenters. The standard InChI is InChI=1S/C7H10O2/c1-2-3-4-7(9)5-6-8/h2-5,8-9H,1,6H2. The van der Waals surface area contributed by atoms with Crippen molar-refractivity contribution in [2.45, 2.75) is 0 Å². The predicted octanol–water partition coefficient (Wildman–Crippen LogP) is 1.16. The minimum Gasteiger partial charge on any atom is -0.508 e. The van der Waals surface area contributed by atoms with Gasteiger partial charge in [-0.15, -0.1) is 0 Å². The summed E-state index contributed by atoms with van der Waals surface area (Å²) in [6.07, 6.45) is 5.87. The molecule has 0 radical (unpaired) electrons. The van der Waals surface area contributed by atoms with Crippen molar-refractivity contribution in [1.82, 2.24) is 0 Å². The van der Waals surface area contributed by atoms with Gasteiger partial charge in [0.2, 0.25) is 0 Å². The van der Waals surface area contributed by atoms with Crippen molar-refractivity contribution in [3.63, 3.8) is 0 Å². The Bertz CT molecular complexity index is 134.